The second-order valence-corrected chi connectivity index (χ2v) is 5.61. The predicted molar refractivity (Wildman–Crippen MR) is 97.7 cm³/mol. The maximum Gasteiger partial charge on any atom is 0.225 e. The van der Waals surface area contributed by atoms with Gasteiger partial charge in [-0.25, -0.2) is 4.98 Å². The van der Waals surface area contributed by atoms with E-state index in [-0.39, 0.29) is 30.7 Å². The topological polar surface area (TPSA) is 77.2 Å². The lowest BCUT2D eigenvalue weighted by molar-refractivity contribution is -0.116. The molecule has 0 aromatic carbocycles. The van der Waals surface area contributed by atoms with Crippen LogP contribution in [0.4, 0.5) is 5.82 Å². The minimum atomic E-state index is -0.0679. The van der Waals surface area contributed by atoms with Gasteiger partial charge in [-0.2, -0.15) is 0 Å². The molecule has 0 saturated heterocycles. The van der Waals surface area contributed by atoms with E-state index >= 15 is 0 Å². The summed E-state index contributed by atoms with van der Waals surface area (Å²) in [5.41, 5.74) is 5.41. The lowest BCUT2D eigenvalue weighted by Crippen LogP contribution is -2.18. The highest BCUT2D eigenvalue weighted by Gasteiger charge is 2.15. The van der Waals surface area contributed by atoms with E-state index in [9.17, 15) is 4.79 Å². The molecule has 2 rings (SSSR count). The predicted octanol–water partition coefficient (Wildman–Crippen LogP) is 3.56. The van der Waals surface area contributed by atoms with Crippen LogP contribution in [-0.2, 0) is 4.79 Å². The largest absolute Gasteiger partial charge is 0.489 e. The van der Waals surface area contributed by atoms with Crippen LogP contribution < -0.4 is 15.8 Å². The van der Waals surface area contributed by atoms with Crippen LogP contribution in [0.1, 0.15) is 44.9 Å². The van der Waals surface area contributed by atoms with Crippen LogP contribution in [0, 0.1) is 5.92 Å². The number of carbonyl (C=O) groups is 1. The highest BCUT2D eigenvalue weighted by molar-refractivity contribution is 5.91. The molecule has 0 spiro atoms. The molecule has 0 radical (unpaired) electrons. The zero-order valence-corrected chi connectivity index (χ0v) is 15.0. The molecule has 0 aliphatic heterocycles. The third-order valence-corrected chi connectivity index (χ3v) is 3.84. The summed E-state index contributed by atoms with van der Waals surface area (Å²) in [7, 11) is 0. The number of nitrogens with zero attached hydrogens (tertiary/aromatic N) is 1. The van der Waals surface area contributed by atoms with E-state index in [4.69, 9.17) is 10.5 Å². The fraction of sp³-hybridized carbons (Fsp3) is 0.625. The monoisotopic (exact) mass is 363 g/mol. The van der Waals surface area contributed by atoms with Gasteiger partial charge in [-0.1, -0.05) is 19.3 Å². The summed E-state index contributed by atoms with van der Waals surface area (Å²) in [6.07, 6.45) is 9.15. The van der Waals surface area contributed by atoms with Crippen LogP contribution in [0.25, 0.3) is 0 Å². The smallest absolute Gasteiger partial charge is 0.225 e. The summed E-state index contributed by atoms with van der Waals surface area (Å²) < 4.78 is 5.88. The Morgan fingerprint density at radius 3 is 2.74 bits per heavy atom. The Kier molecular flexibility index (Phi) is 11.8. The third kappa shape index (κ3) is 7.86. The third-order valence-electron chi connectivity index (χ3n) is 3.84. The number of nitrogens with one attached hydrogen (secondary N) is 1. The van der Waals surface area contributed by atoms with Crippen molar-refractivity contribution in [2.75, 3.05) is 18.5 Å². The van der Waals surface area contributed by atoms with E-state index < -0.39 is 0 Å². The van der Waals surface area contributed by atoms with Gasteiger partial charge in [-0.3, -0.25) is 4.79 Å². The molecule has 23 heavy (non-hydrogen) atoms. The Balaban J connectivity index is 0.00000242. The summed E-state index contributed by atoms with van der Waals surface area (Å²) in [5, 5.41) is 2.80. The van der Waals surface area contributed by atoms with E-state index in [0.717, 1.165) is 0 Å². The molecule has 132 valence electrons. The molecule has 0 bridgehead atoms. The highest BCUT2D eigenvalue weighted by atomic mass is 35.5. The van der Waals surface area contributed by atoms with Gasteiger partial charge in [-0.05, 0) is 43.9 Å². The van der Waals surface area contributed by atoms with Crippen molar-refractivity contribution in [3.8, 4) is 5.75 Å². The first-order chi connectivity index (χ1) is 10.3. The van der Waals surface area contributed by atoms with Crippen LogP contribution in [0.3, 0.4) is 0 Å². The minimum Gasteiger partial charge on any atom is -0.489 e. The molecule has 1 fully saturated rings. The summed E-state index contributed by atoms with van der Waals surface area (Å²) in [6, 6.07) is 3.68. The number of halogens is 2. The van der Waals surface area contributed by atoms with Gasteiger partial charge in [0.2, 0.25) is 5.91 Å². The van der Waals surface area contributed by atoms with Crippen molar-refractivity contribution in [1.29, 1.82) is 0 Å². The molecular formula is C16H27Cl2N3O2. The number of hydrogen-bond acceptors (Lipinski definition) is 4. The fourth-order valence-corrected chi connectivity index (χ4v) is 2.62. The van der Waals surface area contributed by atoms with E-state index in [1.54, 1.807) is 6.20 Å². The van der Waals surface area contributed by atoms with Crippen molar-refractivity contribution >= 4 is 36.5 Å². The van der Waals surface area contributed by atoms with Crippen LogP contribution in [0.15, 0.2) is 18.3 Å². The van der Waals surface area contributed by atoms with Crippen LogP contribution >= 0.6 is 24.8 Å². The van der Waals surface area contributed by atoms with Crippen molar-refractivity contribution in [1.82, 2.24) is 4.98 Å². The van der Waals surface area contributed by atoms with Gasteiger partial charge in [-0.15, -0.1) is 24.8 Å². The summed E-state index contributed by atoms with van der Waals surface area (Å²) in [4.78, 5) is 16.0. The Bertz CT molecular complexity index is 455. The van der Waals surface area contributed by atoms with Crippen LogP contribution in [-0.4, -0.2) is 24.0 Å². The van der Waals surface area contributed by atoms with Gasteiger partial charge in [0.25, 0.3) is 0 Å². The van der Waals surface area contributed by atoms with Crippen molar-refractivity contribution in [3.05, 3.63) is 18.3 Å². The molecule has 0 unspecified atom stereocenters. The second-order valence-electron chi connectivity index (χ2n) is 5.61. The van der Waals surface area contributed by atoms with Gasteiger partial charge in [0.05, 0.1) is 6.61 Å². The number of nitrogens with two attached hydrogens (primary N) is 1. The van der Waals surface area contributed by atoms with Gasteiger partial charge >= 0.3 is 0 Å². The molecule has 1 aliphatic carbocycles. The molecule has 7 heteroatoms. The van der Waals surface area contributed by atoms with Crippen LogP contribution in [0.2, 0.25) is 0 Å². The molecule has 5 nitrogen and oxygen atoms in total. The molecule has 1 amide bonds. The van der Waals surface area contributed by atoms with E-state index in [2.05, 4.69) is 10.3 Å². The molecule has 0 atom stereocenters. The summed E-state index contributed by atoms with van der Waals surface area (Å²) in [5.74, 6) is 1.72. The van der Waals surface area contributed by atoms with Gasteiger partial charge in [0, 0.05) is 12.6 Å². The zero-order chi connectivity index (χ0) is 14.9. The molecule has 1 heterocycles. The first-order valence-corrected chi connectivity index (χ1v) is 7.87. The molecule has 1 aromatic rings. The number of rotatable bonds is 7. The Labute approximate surface area is 150 Å². The molecule has 3 N–H and O–H groups in total. The second kappa shape index (κ2) is 12.4. The standard InChI is InChI=1S/C16H25N3O2.2ClH/c17-10-4-9-15(20)19-16-14(8-5-11-18-16)21-12-13-6-2-1-3-7-13;;/h5,8,11,13H,1-4,6-7,9-10,12,17H2,(H,18,19,20);2*1H. The van der Waals surface area contributed by atoms with Crippen molar-refractivity contribution in [2.45, 2.75) is 44.9 Å². The fourth-order valence-electron chi connectivity index (χ4n) is 2.62. The Hall–Kier alpha value is -1.04. The molecule has 1 aliphatic rings. The molecule has 1 saturated carbocycles. The van der Waals surface area contributed by atoms with Crippen molar-refractivity contribution in [2.24, 2.45) is 11.7 Å². The Morgan fingerprint density at radius 1 is 1.30 bits per heavy atom. The Morgan fingerprint density at radius 2 is 2.04 bits per heavy atom. The zero-order valence-electron chi connectivity index (χ0n) is 13.3. The highest BCUT2D eigenvalue weighted by Crippen LogP contribution is 2.27. The normalized spacial score (nSPS) is 14.3. The molecular weight excluding hydrogens is 337 g/mol. The van der Waals surface area contributed by atoms with Crippen molar-refractivity contribution in [3.63, 3.8) is 0 Å². The number of hydrogen-bond donors (Lipinski definition) is 2. The van der Waals surface area contributed by atoms with E-state index in [1.165, 1.54) is 32.1 Å². The van der Waals surface area contributed by atoms with Gasteiger partial charge in [0.1, 0.15) is 0 Å². The number of ether oxygens (including phenoxy) is 1. The number of aromatic nitrogens is 1. The van der Waals surface area contributed by atoms with Gasteiger partial charge < -0.3 is 15.8 Å². The average Bonchev–Trinajstić information content (AvgIpc) is 2.53. The number of anilines is 1. The lowest BCUT2D eigenvalue weighted by Gasteiger charge is -2.22. The SMILES string of the molecule is Cl.Cl.NCCCC(=O)Nc1ncccc1OCC1CCCCC1. The van der Waals surface area contributed by atoms with Gasteiger partial charge in [0.15, 0.2) is 11.6 Å². The summed E-state index contributed by atoms with van der Waals surface area (Å²) in [6.45, 7) is 1.22. The number of pyridine rings is 1. The quantitative estimate of drug-likeness (QED) is 0.776. The summed E-state index contributed by atoms with van der Waals surface area (Å²) >= 11 is 0. The maximum atomic E-state index is 11.8. The lowest BCUT2D eigenvalue weighted by atomic mass is 9.90. The van der Waals surface area contributed by atoms with Crippen molar-refractivity contribution < 1.29 is 9.53 Å². The van der Waals surface area contributed by atoms with Crippen LogP contribution in [0.5, 0.6) is 5.75 Å². The number of carbonyl (C=O) groups excluding carboxylic acids is 1. The first-order valence-electron chi connectivity index (χ1n) is 7.87. The maximum absolute atomic E-state index is 11.8. The molecule has 1 aromatic heterocycles. The number of amides is 1. The average molecular weight is 364 g/mol. The minimum absolute atomic E-state index is 0. The first kappa shape index (κ1) is 22.0. The van der Waals surface area contributed by atoms with E-state index in [1.807, 2.05) is 12.1 Å². The van der Waals surface area contributed by atoms with E-state index in [0.29, 0.717) is 43.5 Å².